The molecule has 4 nitrogen and oxygen atoms in total. The molecule has 0 unspecified atom stereocenters. The maximum Gasteiger partial charge on any atom is 0.137 e. The average Bonchev–Trinajstić information content (AvgIpc) is 3.00. The minimum atomic E-state index is -0.109. The summed E-state index contributed by atoms with van der Waals surface area (Å²) in [5, 5.41) is 11.5. The lowest BCUT2D eigenvalue weighted by atomic mass is 9.86. The third kappa shape index (κ3) is 2.55. The topological polar surface area (TPSA) is 52.1 Å². The van der Waals surface area contributed by atoms with Crippen LogP contribution < -0.4 is 0 Å². The molecule has 0 radical (unpaired) electrons. The van der Waals surface area contributed by atoms with E-state index in [9.17, 15) is 5.11 Å². The number of piperidine rings is 1. The zero-order valence-electron chi connectivity index (χ0n) is 13.0. The molecule has 2 atom stereocenters. The summed E-state index contributed by atoms with van der Waals surface area (Å²) in [5.41, 5.74) is 2.43. The molecule has 0 amide bonds. The molecule has 1 saturated carbocycles. The Labute approximate surface area is 131 Å². The minimum absolute atomic E-state index is 0.109. The number of aliphatic hydroxyl groups is 1. The highest BCUT2D eigenvalue weighted by Crippen LogP contribution is 2.34. The molecule has 2 aliphatic rings. The molecule has 4 heteroatoms. The number of nitrogens with zero attached hydrogens (tertiary/aromatic N) is 2. The van der Waals surface area contributed by atoms with E-state index < -0.39 is 0 Å². The molecule has 2 aromatic heterocycles. The summed E-state index contributed by atoms with van der Waals surface area (Å²) in [4.78, 5) is 10.2. The van der Waals surface area contributed by atoms with Gasteiger partial charge < -0.3 is 10.1 Å². The molecule has 0 spiro atoms. The van der Waals surface area contributed by atoms with Crippen LogP contribution in [0.1, 0.15) is 50.0 Å². The Kier molecular flexibility index (Phi) is 3.89. The van der Waals surface area contributed by atoms with E-state index in [1.165, 1.54) is 43.1 Å². The molecule has 2 fully saturated rings. The lowest BCUT2D eigenvalue weighted by molar-refractivity contribution is 0.00876. The van der Waals surface area contributed by atoms with Crippen molar-refractivity contribution in [3.8, 4) is 0 Å². The third-order valence-corrected chi connectivity index (χ3v) is 5.62. The van der Waals surface area contributed by atoms with Gasteiger partial charge in [0.05, 0.1) is 6.10 Å². The number of hydrogen-bond donors (Lipinski definition) is 2. The van der Waals surface area contributed by atoms with Gasteiger partial charge in [0.15, 0.2) is 0 Å². The molecule has 0 bridgehead atoms. The van der Waals surface area contributed by atoms with Gasteiger partial charge in [0, 0.05) is 23.8 Å². The Hall–Kier alpha value is -1.39. The minimum Gasteiger partial charge on any atom is -0.391 e. The van der Waals surface area contributed by atoms with Crippen molar-refractivity contribution >= 4 is 11.0 Å². The Morgan fingerprint density at radius 1 is 1.14 bits per heavy atom. The molecule has 1 saturated heterocycles. The van der Waals surface area contributed by atoms with Crippen molar-refractivity contribution in [2.45, 2.75) is 56.6 Å². The second-order valence-corrected chi connectivity index (χ2v) is 6.87. The summed E-state index contributed by atoms with van der Waals surface area (Å²) in [6, 6.07) is 4.60. The maximum atomic E-state index is 10.3. The molecule has 1 aliphatic heterocycles. The van der Waals surface area contributed by atoms with Crippen molar-refractivity contribution < 1.29 is 5.11 Å². The Morgan fingerprint density at radius 3 is 2.77 bits per heavy atom. The molecule has 2 aromatic rings. The number of nitrogens with one attached hydrogen (secondary N) is 1. The Balaban J connectivity index is 1.45. The standard InChI is InChI=1S/C18H25N3O/c22-17-6-2-1-5-16(17)21-10-7-13(8-11-21)15-12-20-18-14(15)4-3-9-19-18/h3-4,9,12-13,16-17,22H,1-2,5-8,10-11H2,(H,19,20)/t16-,17-/m1/s1. The third-order valence-electron chi connectivity index (χ3n) is 5.62. The smallest absolute Gasteiger partial charge is 0.137 e. The van der Waals surface area contributed by atoms with Crippen LogP contribution in [0.15, 0.2) is 24.5 Å². The van der Waals surface area contributed by atoms with Gasteiger partial charge in [-0.25, -0.2) is 4.98 Å². The lowest BCUT2D eigenvalue weighted by Crippen LogP contribution is -2.48. The first-order chi connectivity index (χ1) is 10.8. The normalized spacial score (nSPS) is 28.2. The van der Waals surface area contributed by atoms with Crippen LogP contribution in [0.2, 0.25) is 0 Å². The van der Waals surface area contributed by atoms with Crippen LogP contribution >= 0.6 is 0 Å². The second kappa shape index (κ2) is 6.01. The van der Waals surface area contributed by atoms with Gasteiger partial charge in [-0.15, -0.1) is 0 Å². The van der Waals surface area contributed by atoms with E-state index in [2.05, 4.69) is 27.1 Å². The number of aromatic nitrogens is 2. The van der Waals surface area contributed by atoms with Gasteiger partial charge in [-0.3, -0.25) is 4.90 Å². The van der Waals surface area contributed by atoms with Gasteiger partial charge in [0.25, 0.3) is 0 Å². The molecular weight excluding hydrogens is 274 g/mol. The number of pyridine rings is 1. The van der Waals surface area contributed by atoms with Crippen molar-refractivity contribution in [2.75, 3.05) is 13.1 Å². The van der Waals surface area contributed by atoms with Crippen LogP contribution in [0.4, 0.5) is 0 Å². The number of aromatic amines is 1. The highest BCUT2D eigenvalue weighted by molar-refractivity contribution is 5.80. The van der Waals surface area contributed by atoms with Gasteiger partial charge in [-0.05, 0) is 62.4 Å². The van der Waals surface area contributed by atoms with Crippen molar-refractivity contribution in [2.24, 2.45) is 0 Å². The number of hydrogen-bond acceptors (Lipinski definition) is 3. The predicted octanol–water partition coefficient (Wildman–Crippen LogP) is 3.05. The fourth-order valence-corrected chi connectivity index (χ4v) is 4.37. The first-order valence-electron chi connectivity index (χ1n) is 8.67. The predicted molar refractivity (Wildman–Crippen MR) is 87.9 cm³/mol. The summed E-state index contributed by atoms with van der Waals surface area (Å²) in [5.74, 6) is 0.620. The van der Waals surface area contributed by atoms with E-state index >= 15 is 0 Å². The number of H-pyrrole nitrogens is 1. The quantitative estimate of drug-likeness (QED) is 0.896. The average molecular weight is 299 g/mol. The van der Waals surface area contributed by atoms with Gasteiger partial charge in [-0.2, -0.15) is 0 Å². The SMILES string of the molecule is O[C@@H]1CCCC[C@H]1N1CCC(c2c[nH]c3ncccc23)CC1. The van der Waals surface area contributed by atoms with Gasteiger partial charge in [-0.1, -0.05) is 12.8 Å². The molecule has 118 valence electrons. The molecule has 0 aromatic carbocycles. The van der Waals surface area contributed by atoms with E-state index in [4.69, 9.17) is 0 Å². The summed E-state index contributed by atoms with van der Waals surface area (Å²) in [6.45, 7) is 2.22. The van der Waals surface area contributed by atoms with Crippen molar-refractivity contribution in [3.63, 3.8) is 0 Å². The zero-order chi connectivity index (χ0) is 14.9. The number of aliphatic hydroxyl groups excluding tert-OH is 1. The first kappa shape index (κ1) is 14.2. The van der Waals surface area contributed by atoms with Crippen LogP contribution in [0, 0.1) is 0 Å². The van der Waals surface area contributed by atoms with Crippen LogP contribution in [0.25, 0.3) is 11.0 Å². The van der Waals surface area contributed by atoms with E-state index in [1.54, 1.807) is 0 Å². The van der Waals surface area contributed by atoms with Gasteiger partial charge in [0.1, 0.15) is 5.65 Å². The van der Waals surface area contributed by atoms with E-state index in [0.717, 1.165) is 25.2 Å². The van der Waals surface area contributed by atoms with Crippen LogP contribution in [0.5, 0.6) is 0 Å². The number of likely N-dealkylation sites (tertiary alicyclic amines) is 1. The first-order valence-corrected chi connectivity index (χ1v) is 8.67. The monoisotopic (exact) mass is 299 g/mol. The molecular formula is C18H25N3O. The van der Waals surface area contributed by atoms with Crippen LogP contribution in [0.3, 0.4) is 0 Å². The number of fused-ring (bicyclic) bond motifs is 1. The summed E-state index contributed by atoms with van der Waals surface area (Å²) in [6.07, 6.45) is 10.9. The van der Waals surface area contributed by atoms with Crippen molar-refractivity contribution in [1.29, 1.82) is 0 Å². The molecule has 3 heterocycles. The molecule has 2 N–H and O–H groups in total. The van der Waals surface area contributed by atoms with E-state index in [1.807, 2.05) is 12.3 Å². The number of rotatable bonds is 2. The van der Waals surface area contributed by atoms with Crippen LogP contribution in [-0.2, 0) is 0 Å². The zero-order valence-corrected chi connectivity index (χ0v) is 13.0. The summed E-state index contributed by atoms with van der Waals surface area (Å²) in [7, 11) is 0. The van der Waals surface area contributed by atoms with Gasteiger partial charge in [0.2, 0.25) is 0 Å². The van der Waals surface area contributed by atoms with E-state index in [0.29, 0.717) is 12.0 Å². The molecule has 1 aliphatic carbocycles. The Morgan fingerprint density at radius 2 is 1.95 bits per heavy atom. The highest BCUT2D eigenvalue weighted by atomic mass is 16.3. The second-order valence-electron chi connectivity index (χ2n) is 6.87. The maximum absolute atomic E-state index is 10.3. The summed E-state index contributed by atoms with van der Waals surface area (Å²) < 4.78 is 0. The van der Waals surface area contributed by atoms with Crippen LogP contribution in [-0.4, -0.2) is 45.2 Å². The lowest BCUT2D eigenvalue weighted by Gasteiger charge is -2.41. The van der Waals surface area contributed by atoms with Gasteiger partial charge >= 0.3 is 0 Å². The summed E-state index contributed by atoms with van der Waals surface area (Å²) >= 11 is 0. The van der Waals surface area contributed by atoms with Crippen molar-refractivity contribution in [3.05, 3.63) is 30.1 Å². The largest absolute Gasteiger partial charge is 0.391 e. The fourth-order valence-electron chi connectivity index (χ4n) is 4.37. The van der Waals surface area contributed by atoms with E-state index in [-0.39, 0.29) is 6.10 Å². The Bertz CT molecular complexity index is 630. The fraction of sp³-hybridized carbons (Fsp3) is 0.611. The molecule has 22 heavy (non-hydrogen) atoms. The molecule has 4 rings (SSSR count). The highest BCUT2D eigenvalue weighted by Gasteiger charge is 2.32. The van der Waals surface area contributed by atoms with Crippen molar-refractivity contribution in [1.82, 2.24) is 14.9 Å².